The van der Waals surface area contributed by atoms with Crippen molar-refractivity contribution in [1.82, 2.24) is 0 Å². The largest absolute Gasteiger partial charge is 0.388 e. The predicted octanol–water partition coefficient (Wildman–Crippen LogP) is 3.45. The van der Waals surface area contributed by atoms with Gasteiger partial charge in [0.05, 0.1) is 23.3 Å². The van der Waals surface area contributed by atoms with Crippen LogP contribution in [0.5, 0.6) is 0 Å². The molecule has 0 bridgehead atoms. The predicted molar refractivity (Wildman–Crippen MR) is 75.6 cm³/mol. The van der Waals surface area contributed by atoms with Crippen LogP contribution in [0.4, 0.5) is 5.69 Å². The van der Waals surface area contributed by atoms with Gasteiger partial charge >= 0.3 is 0 Å². The van der Waals surface area contributed by atoms with Gasteiger partial charge in [0.15, 0.2) is 0 Å². The lowest BCUT2D eigenvalue weighted by Crippen LogP contribution is -1.94. The molecule has 0 spiro atoms. The van der Waals surface area contributed by atoms with Crippen molar-refractivity contribution in [2.75, 3.05) is 12.4 Å². The van der Waals surface area contributed by atoms with Gasteiger partial charge in [0.2, 0.25) is 0 Å². The normalized spacial score (nSPS) is 9.47. The average molecular weight is 247 g/mol. The molecule has 0 fully saturated rings. The van der Waals surface area contributed by atoms with E-state index in [0.717, 1.165) is 22.4 Å². The van der Waals surface area contributed by atoms with Crippen LogP contribution in [0, 0.1) is 29.6 Å². The van der Waals surface area contributed by atoms with Crippen molar-refractivity contribution in [1.29, 1.82) is 10.5 Å². The smallest absolute Gasteiger partial charge is 0.0991 e. The SMILES string of the molecule is CNc1ccc(C#N)cc1-c1ccc(C#N)cc1C. The first-order valence-electron chi connectivity index (χ1n) is 5.92. The molecule has 2 aromatic carbocycles. The molecule has 3 heteroatoms. The first kappa shape index (κ1) is 12.7. The van der Waals surface area contributed by atoms with Crippen LogP contribution in [-0.2, 0) is 0 Å². The quantitative estimate of drug-likeness (QED) is 0.884. The Morgan fingerprint density at radius 2 is 1.53 bits per heavy atom. The lowest BCUT2D eigenvalue weighted by Gasteiger charge is -2.12. The van der Waals surface area contributed by atoms with Crippen molar-refractivity contribution < 1.29 is 0 Å². The van der Waals surface area contributed by atoms with Crippen molar-refractivity contribution >= 4 is 5.69 Å². The van der Waals surface area contributed by atoms with Gasteiger partial charge in [0, 0.05) is 18.3 Å². The first-order valence-corrected chi connectivity index (χ1v) is 5.92. The van der Waals surface area contributed by atoms with Gasteiger partial charge in [-0.2, -0.15) is 10.5 Å². The number of benzene rings is 2. The molecule has 2 aromatic rings. The number of aryl methyl sites for hydroxylation is 1. The van der Waals surface area contributed by atoms with Crippen LogP contribution >= 0.6 is 0 Å². The van der Waals surface area contributed by atoms with E-state index in [9.17, 15) is 0 Å². The molecule has 0 aromatic heterocycles. The van der Waals surface area contributed by atoms with Crippen LogP contribution in [-0.4, -0.2) is 7.05 Å². The van der Waals surface area contributed by atoms with Crippen LogP contribution in [0.15, 0.2) is 36.4 Å². The summed E-state index contributed by atoms with van der Waals surface area (Å²) in [7, 11) is 1.85. The van der Waals surface area contributed by atoms with Crippen molar-refractivity contribution in [3.05, 3.63) is 53.1 Å². The lowest BCUT2D eigenvalue weighted by atomic mass is 9.96. The maximum atomic E-state index is 9.01. The third-order valence-corrected chi connectivity index (χ3v) is 3.06. The van der Waals surface area contributed by atoms with Crippen LogP contribution in [0.3, 0.4) is 0 Å². The molecule has 0 atom stereocenters. The Kier molecular flexibility index (Phi) is 3.50. The summed E-state index contributed by atoms with van der Waals surface area (Å²) >= 11 is 0. The van der Waals surface area contributed by atoms with Gasteiger partial charge in [-0.05, 0) is 48.4 Å². The molecule has 0 aliphatic rings. The molecule has 0 unspecified atom stereocenters. The fourth-order valence-corrected chi connectivity index (χ4v) is 2.09. The van der Waals surface area contributed by atoms with E-state index in [-0.39, 0.29) is 0 Å². The third kappa shape index (κ3) is 2.41. The van der Waals surface area contributed by atoms with Crippen LogP contribution in [0.2, 0.25) is 0 Å². The summed E-state index contributed by atoms with van der Waals surface area (Å²) in [4.78, 5) is 0. The van der Waals surface area contributed by atoms with E-state index in [0.29, 0.717) is 11.1 Å². The molecule has 0 aliphatic heterocycles. The molecule has 0 amide bonds. The van der Waals surface area contributed by atoms with Crippen molar-refractivity contribution in [2.24, 2.45) is 0 Å². The second kappa shape index (κ2) is 5.25. The van der Waals surface area contributed by atoms with E-state index < -0.39 is 0 Å². The Balaban J connectivity index is 2.64. The second-order valence-corrected chi connectivity index (χ2v) is 4.26. The zero-order valence-corrected chi connectivity index (χ0v) is 10.9. The highest BCUT2D eigenvalue weighted by Crippen LogP contribution is 2.31. The molecule has 0 saturated carbocycles. The Labute approximate surface area is 112 Å². The number of rotatable bonds is 2. The highest BCUT2D eigenvalue weighted by molar-refractivity contribution is 5.81. The van der Waals surface area contributed by atoms with E-state index >= 15 is 0 Å². The minimum absolute atomic E-state index is 0.623. The monoisotopic (exact) mass is 247 g/mol. The molecule has 92 valence electrons. The fraction of sp³-hybridized carbons (Fsp3) is 0.125. The van der Waals surface area contributed by atoms with Gasteiger partial charge in [-0.3, -0.25) is 0 Å². The summed E-state index contributed by atoms with van der Waals surface area (Å²) in [5.74, 6) is 0. The Morgan fingerprint density at radius 3 is 2.11 bits per heavy atom. The zero-order valence-electron chi connectivity index (χ0n) is 10.9. The van der Waals surface area contributed by atoms with E-state index in [4.69, 9.17) is 10.5 Å². The highest BCUT2D eigenvalue weighted by atomic mass is 14.8. The molecule has 0 aliphatic carbocycles. The summed E-state index contributed by atoms with van der Waals surface area (Å²) in [6.45, 7) is 1.97. The maximum Gasteiger partial charge on any atom is 0.0991 e. The van der Waals surface area contributed by atoms with Gasteiger partial charge in [-0.15, -0.1) is 0 Å². The number of nitrogens with one attached hydrogen (secondary N) is 1. The molecular formula is C16H13N3. The zero-order chi connectivity index (χ0) is 13.8. The van der Waals surface area contributed by atoms with E-state index in [1.54, 1.807) is 12.1 Å². The maximum absolute atomic E-state index is 9.01. The van der Waals surface area contributed by atoms with E-state index in [1.807, 2.05) is 38.2 Å². The molecule has 0 heterocycles. The molecule has 19 heavy (non-hydrogen) atoms. The number of nitrogens with zero attached hydrogens (tertiary/aromatic N) is 2. The lowest BCUT2D eigenvalue weighted by molar-refractivity contribution is 1.40. The van der Waals surface area contributed by atoms with Crippen molar-refractivity contribution in [3.8, 4) is 23.3 Å². The van der Waals surface area contributed by atoms with Gasteiger partial charge in [-0.1, -0.05) is 6.07 Å². The Hall–Kier alpha value is -2.78. The minimum atomic E-state index is 0.623. The topological polar surface area (TPSA) is 59.6 Å². The standard InChI is InChI=1S/C16H13N3/c1-11-7-12(9-17)3-5-14(11)15-8-13(10-18)4-6-16(15)19-2/h3-8,19H,1-2H3. The summed E-state index contributed by atoms with van der Waals surface area (Å²) in [5, 5.41) is 21.0. The van der Waals surface area contributed by atoms with Gasteiger partial charge in [0.1, 0.15) is 0 Å². The van der Waals surface area contributed by atoms with Gasteiger partial charge in [-0.25, -0.2) is 0 Å². The number of hydrogen-bond acceptors (Lipinski definition) is 3. The molecule has 1 N–H and O–H groups in total. The third-order valence-electron chi connectivity index (χ3n) is 3.06. The molecular weight excluding hydrogens is 234 g/mol. The summed E-state index contributed by atoms with van der Waals surface area (Å²) < 4.78 is 0. The Morgan fingerprint density at radius 1 is 0.895 bits per heavy atom. The fourth-order valence-electron chi connectivity index (χ4n) is 2.09. The van der Waals surface area contributed by atoms with Crippen molar-refractivity contribution in [3.63, 3.8) is 0 Å². The minimum Gasteiger partial charge on any atom is -0.388 e. The van der Waals surface area contributed by atoms with E-state index in [2.05, 4.69) is 17.5 Å². The first-order chi connectivity index (χ1) is 9.19. The number of hydrogen-bond donors (Lipinski definition) is 1. The summed E-state index contributed by atoms with van der Waals surface area (Å²) in [6.07, 6.45) is 0. The van der Waals surface area contributed by atoms with Crippen LogP contribution in [0.1, 0.15) is 16.7 Å². The van der Waals surface area contributed by atoms with Gasteiger partial charge in [0.25, 0.3) is 0 Å². The number of anilines is 1. The van der Waals surface area contributed by atoms with Gasteiger partial charge < -0.3 is 5.32 Å². The van der Waals surface area contributed by atoms with Crippen LogP contribution < -0.4 is 5.32 Å². The van der Waals surface area contributed by atoms with Crippen molar-refractivity contribution in [2.45, 2.75) is 6.92 Å². The summed E-state index contributed by atoms with van der Waals surface area (Å²) in [5.41, 5.74) is 5.25. The molecule has 0 radical (unpaired) electrons. The second-order valence-electron chi connectivity index (χ2n) is 4.26. The average Bonchev–Trinajstić information content (AvgIpc) is 2.46. The Bertz CT molecular complexity index is 703. The molecule has 3 nitrogen and oxygen atoms in total. The number of nitriles is 2. The van der Waals surface area contributed by atoms with E-state index in [1.165, 1.54) is 0 Å². The van der Waals surface area contributed by atoms with Crippen LogP contribution in [0.25, 0.3) is 11.1 Å². The summed E-state index contributed by atoms with van der Waals surface area (Å²) in [6, 6.07) is 15.4. The highest BCUT2D eigenvalue weighted by Gasteiger charge is 2.08. The molecule has 0 saturated heterocycles. The molecule has 2 rings (SSSR count).